The zero-order valence-corrected chi connectivity index (χ0v) is 13.9. The first kappa shape index (κ1) is 15.4. The minimum absolute atomic E-state index is 0.141. The average molecular weight is 331 g/mol. The van der Waals surface area contributed by atoms with Gasteiger partial charge in [-0.05, 0) is 19.1 Å². The molecule has 7 heteroatoms. The number of aromatic nitrogens is 1. The number of benzene rings is 1. The molecule has 0 spiro atoms. The van der Waals surface area contributed by atoms with Crippen LogP contribution in [0, 0.1) is 12.3 Å². The maximum Gasteiger partial charge on any atom is 0.146 e. The predicted molar refractivity (Wildman–Crippen MR) is 91.0 cm³/mol. The number of methoxy groups -OCH3 is 2. The smallest absolute Gasteiger partial charge is 0.146 e. The van der Waals surface area contributed by atoms with Crippen molar-refractivity contribution in [1.82, 2.24) is 4.98 Å². The summed E-state index contributed by atoms with van der Waals surface area (Å²) in [5, 5.41) is 21.3. The Morgan fingerprint density at radius 1 is 1.30 bits per heavy atom. The lowest BCUT2D eigenvalue weighted by Crippen LogP contribution is -2.26. The Morgan fingerprint density at radius 3 is 2.70 bits per heavy atom. The number of anilines is 1. The lowest BCUT2D eigenvalue weighted by Gasteiger charge is -2.21. The Hall–Kier alpha value is -2.54. The molecule has 23 heavy (non-hydrogen) atoms. The molecule has 1 aromatic carbocycles. The molecule has 0 unspecified atom stereocenters. The van der Waals surface area contributed by atoms with Gasteiger partial charge in [0.15, 0.2) is 0 Å². The second kappa shape index (κ2) is 5.92. The maximum absolute atomic E-state index is 10.3. The van der Waals surface area contributed by atoms with Crippen LogP contribution in [0.15, 0.2) is 29.3 Å². The number of aliphatic hydroxyl groups excluding tert-OH is 1. The number of rotatable bonds is 4. The molecule has 0 atom stereocenters. The van der Waals surface area contributed by atoms with Crippen LogP contribution in [0.3, 0.4) is 0 Å². The van der Waals surface area contributed by atoms with E-state index >= 15 is 0 Å². The number of ether oxygens (including phenoxy) is 2. The molecule has 2 aromatic rings. The fourth-order valence-electron chi connectivity index (χ4n) is 2.49. The van der Waals surface area contributed by atoms with Crippen molar-refractivity contribution < 1.29 is 14.6 Å². The summed E-state index contributed by atoms with van der Waals surface area (Å²) in [6.07, 6.45) is 0. The molecule has 0 saturated carbocycles. The van der Waals surface area contributed by atoms with Gasteiger partial charge in [0, 0.05) is 17.1 Å². The van der Waals surface area contributed by atoms with E-state index in [1.165, 1.54) is 11.3 Å². The second-order valence-corrected chi connectivity index (χ2v) is 5.95. The van der Waals surface area contributed by atoms with Crippen LogP contribution in [0.2, 0.25) is 0 Å². The number of nitrogens with zero attached hydrogens (tertiary/aromatic N) is 2. The normalized spacial score (nSPS) is 14.6. The molecule has 3 rings (SSSR count). The van der Waals surface area contributed by atoms with E-state index in [0.717, 1.165) is 5.69 Å². The van der Waals surface area contributed by atoms with Crippen molar-refractivity contribution in [3.05, 3.63) is 40.0 Å². The summed E-state index contributed by atoms with van der Waals surface area (Å²) < 4.78 is 10.6. The van der Waals surface area contributed by atoms with Crippen LogP contribution in [0.1, 0.15) is 10.7 Å². The highest BCUT2D eigenvalue weighted by molar-refractivity contribution is 7.11. The van der Waals surface area contributed by atoms with Crippen molar-refractivity contribution in [2.45, 2.75) is 6.92 Å². The fraction of sp³-hybridized carbons (Fsp3) is 0.250. The molecule has 6 nitrogen and oxygen atoms in total. The van der Waals surface area contributed by atoms with Crippen LogP contribution < -0.4 is 14.4 Å². The first-order chi connectivity index (χ1) is 11.0. The highest BCUT2D eigenvalue weighted by Crippen LogP contribution is 2.38. The summed E-state index contributed by atoms with van der Waals surface area (Å²) in [6, 6.07) is 5.37. The van der Waals surface area contributed by atoms with E-state index in [1.54, 1.807) is 31.3 Å². The van der Waals surface area contributed by atoms with Crippen molar-refractivity contribution in [1.29, 1.82) is 5.41 Å². The van der Waals surface area contributed by atoms with Gasteiger partial charge >= 0.3 is 0 Å². The standard InChI is InChI=1S/C16H17N3O3S/c1-9-8-23-16(18-9)14-12(20)7-19(15(14)17)11-5-4-10(21-2)6-13(11)22-3/h4-6,8,17,20H,7H2,1-3H3. The molecule has 1 aliphatic heterocycles. The third-order valence-corrected chi connectivity index (χ3v) is 4.59. The van der Waals surface area contributed by atoms with Crippen LogP contribution in [0.4, 0.5) is 5.69 Å². The van der Waals surface area contributed by atoms with E-state index in [0.29, 0.717) is 27.8 Å². The molecule has 0 fully saturated rings. The summed E-state index contributed by atoms with van der Waals surface area (Å²) in [5.41, 5.74) is 2.05. The monoisotopic (exact) mass is 331 g/mol. The van der Waals surface area contributed by atoms with Crippen LogP contribution in [-0.2, 0) is 0 Å². The topological polar surface area (TPSA) is 78.7 Å². The molecular weight excluding hydrogens is 314 g/mol. The van der Waals surface area contributed by atoms with Gasteiger partial charge in [-0.25, -0.2) is 4.98 Å². The average Bonchev–Trinajstić information content (AvgIpc) is 3.09. The third-order valence-electron chi connectivity index (χ3n) is 3.61. The van der Waals surface area contributed by atoms with Gasteiger partial charge in [-0.1, -0.05) is 0 Å². The zero-order chi connectivity index (χ0) is 16.6. The predicted octanol–water partition coefficient (Wildman–Crippen LogP) is 3.24. The van der Waals surface area contributed by atoms with Crippen LogP contribution in [0.25, 0.3) is 5.57 Å². The molecule has 0 saturated heterocycles. The molecule has 120 valence electrons. The number of hydrogen-bond donors (Lipinski definition) is 2. The van der Waals surface area contributed by atoms with E-state index in [2.05, 4.69) is 4.98 Å². The van der Waals surface area contributed by atoms with Crippen molar-refractivity contribution in [3.63, 3.8) is 0 Å². The molecule has 0 radical (unpaired) electrons. The van der Waals surface area contributed by atoms with Gasteiger partial charge in [-0.15, -0.1) is 11.3 Å². The van der Waals surface area contributed by atoms with Gasteiger partial charge in [0.05, 0.1) is 32.0 Å². The van der Waals surface area contributed by atoms with Gasteiger partial charge in [0.1, 0.15) is 28.1 Å². The van der Waals surface area contributed by atoms with Crippen molar-refractivity contribution in [2.75, 3.05) is 25.7 Å². The van der Waals surface area contributed by atoms with E-state index in [1.807, 2.05) is 18.4 Å². The lowest BCUT2D eigenvalue weighted by molar-refractivity contribution is 0.393. The first-order valence-corrected chi connectivity index (χ1v) is 7.86. The minimum Gasteiger partial charge on any atom is -0.510 e. The quantitative estimate of drug-likeness (QED) is 0.899. The molecule has 1 aromatic heterocycles. The van der Waals surface area contributed by atoms with E-state index in [9.17, 15) is 5.11 Å². The highest BCUT2D eigenvalue weighted by atomic mass is 32.1. The van der Waals surface area contributed by atoms with Gasteiger partial charge in [0.25, 0.3) is 0 Å². The molecule has 0 aliphatic carbocycles. The number of hydrogen-bond acceptors (Lipinski definition) is 6. The molecule has 0 bridgehead atoms. The number of thiazole rings is 1. The summed E-state index contributed by atoms with van der Waals surface area (Å²) in [4.78, 5) is 6.07. The minimum atomic E-state index is 0.141. The Bertz CT molecular complexity index is 798. The largest absolute Gasteiger partial charge is 0.510 e. The second-order valence-electron chi connectivity index (χ2n) is 5.09. The van der Waals surface area contributed by atoms with Crippen molar-refractivity contribution >= 4 is 28.4 Å². The number of nitrogens with one attached hydrogen (secondary N) is 1. The summed E-state index contributed by atoms with van der Waals surface area (Å²) in [7, 11) is 3.15. The Balaban J connectivity index is 1.97. The number of aryl methyl sites for hydroxylation is 1. The van der Waals surface area contributed by atoms with Crippen molar-refractivity contribution in [3.8, 4) is 11.5 Å². The van der Waals surface area contributed by atoms with E-state index < -0.39 is 0 Å². The Morgan fingerprint density at radius 2 is 2.09 bits per heavy atom. The number of amidine groups is 1. The molecule has 1 aliphatic rings. The maximum atomic E-state index is 10.3. The zero-order valence-electron chi connectivity index (χ0n) is 13.1. The van der Waals surface area contributed by atoms with E-state index in [-0.39, 0.29) is 18.1 Å². The first-order valence-electron chi connectivity index (χ1n) is 6.98. The Kier molecular flexibility index (Phi) is 3.96. The molecular formula is C16H17N3O3S. The van der Waals surface area contributed by atoms with Crippen molar-refractivity contribution in [2.24, 2.45) is 0 Å². The van der Waals surface area contributed by atoms with E-state index in [4.69, 9.17) is 14.9 Å². The Labute approximate surface area is 138 Å². The number of aliphatic hydroxyl groups is 1. The SMILES string of the molecule is COc1ccc(N2CC(O)=C(c3nc(C)cs3)C2=N)c(OC)c1. The molecule has 0 amide bonds. The molecule has 2 heterocycles. The summed E-state index contributed by atoms with van der Waals surface area (Å²) in [5.74, 6) is 1.60. The van der Waals surface area contributed by atoms with Crippen LogP contribution >= 0.6 is 11.3 Å². The molecule has 2 N–H and O–H groups in total. The fourth-order valence-corrected chi connectivity index (χ4v) is 3.35. The van der Waals surface area contributed by atoms with Gasteiger partial charge in [0.2, 0.25) is 0 Å². The van der Waals surface area contributed by atoms with Gasteiger partial charge in [-0.3, -0.25) is 5.41 Å². The van der Waals surface area contributed by atoms with Crippen LogP contribution in [0.5, 0.6) is 11.5 Å². The highest BCUT2D eigenvalue weighted by Gasteiger charge is 2.32. The van der Waals surface area contributed by atoms with Crippen LogP contribution in [-0.4, -0.2) is 36.7 Å². The lowest BCUT2D eigenvalue weighted by atomic mass is 10.2. The third kappa shape index (κ3) is 2.63. The van der Waals surface area contributed by atoms with Gasteiger partial charge in [-0.2, -0.15) is 0 Å². The summed E-state index contributed by atoms with van der Waals surface area (Å²) in [6.45, 7) is 2.11. The van der Waals surface area contributed by atoms with Gasteiger partial charge < -0.3 is 19.5 Å². The summed E-state index contributed by atoms with van der Waals surface area (Å²) >= 11 is 1.42.